The third-order valence-electron chi connectivity index (χ3n) is 6.24. The van der Waals surface area contributed by atoms with Gasteiger partial charge in [-0.15, -0.1) is 0 Å². The molecule has 3 aromatic rings. The van der Waals surface area contributed by atoms with Gasteiger partial charge in [-0.25, -0.2) is 0 Å². The van der Waals surface area contributed by atoms with Crippen molar-refractivity contribution in [2.45, 2.75) is 52.0 Å². The minimum atomic E-state index is -1.63. The summed E-state index contributed by atoms with van der Waals surface area (Å²) in [6.45, 7) is 4.21. The van der Waals surface area contributed by atoms with Gasteiger partial charge < -0.3 is 20.7 Å². The topological polar surface area (TPSA) is 98.7 Å². The highest BCUT2D eigenvalue weighted by Gasteiger charge is 2.23. The molecule has 4 N–H and O–H groups in total. The Morgan fingerprint density at radius 2 is 1.62 bits per heavy atom. The molecule has 0 aromatic heterocycles. The molecule has 1 aliphatic rings. The van der Waals surface area contributed by atoms with Gasteiger partial charge in [0.15, 0.2) is 0 Å². The van der Waals surface area contributed by atoms with Crippen LogP contribution in [-0.4, -0.2) is 35.4 Å². The lowest BCUT2D eigenvalue weighted by atomic mass is 9.88. The zero-order valence-electron chi connectivity index (χ0n) is 21.3. The number of carbonyl (C=O) groups excluding carboxylic acids is 2. The molecule has 0 radical (unpaired) electrons. The number of hydrogen-bond acceptors (Lipinski definition) is 4. The molecule has 0 heterocycles. The first kappa shape index (κ1) is 28.4. The SMILES string of the molecule is Cc1cccc(C)c1.O=C(CC(NC(=O)c1cccc2c1CCCC2)c1cccc(Cl)c1)NCB(O)O. The fraction of sp³-hybridized carbons (Fsp3) is 0.310. The van der Waals surface area contributed by atoms with Crippen molar-refractivity contribution < 1.29 is 19.6 Å². The maximum Gasteiger partial charge on any atom is 0.472 e. The van der Waals surface area contributed by atoms with Gasteiger partial charge in [0.2, 0.25) is 5.91 Å². The van der Waals surface area contributed by atoms with Crippen LogP contribution in [-0.2, 0) is 17.6 Å². The zero-order chi connectivity index (χ0) is 26.8. The molecule has 0 fully saturated rings. The molecule has 4 rings (SSSR count). The number of halogens is 1. The predicted molar refractivity (Wildman–Crippen MR) is 148 cm³/mol. The summed E-state index contributed by atoms with van der Waals surface area (Å²) in [6, 6.07) is 20.6. The molecule has 1 unspecified atom stereocenters. The molecule has 0 bridgehead atoms. The Balaban J connectivity index is 0.000000405. The van der Waals surface area contributed by atoms with Crippen LogP contribution in [0.25, 0.3) is 0 Å². The predicted octanol–water partition coefficient (Wildman–Crippen LogP) is 4.51. The third-order valence-corrected chi connectivity index (χ3v) is 6.48. The lowest BCUT2D eigenvalue weighted by Gasteiger charge is -2.22. The summed E-state index contributed by atoms with van der Waals surface area (Å²) >= 11 is 6.10. The molecular weight excluding hydrogens is 487 g/mol. The van der Waals surface area contributed by atoms with Crippen molar-refractivity contribution in [1.82, 2.24) is 10.6 Å². The van der Waals surface area contributed by atoms with Crippen molar-refractivity contribution in [3.8, 4) is 0 Å². The van der Waals surface area contributed by atoms with Gasteiger partial charge in [-0.3, -0.25) is 9.59 Å². The summed E-state index contributed by atoms with van der Waals surface area (Å²) in [6.07, 6.45) is 3.70. The van der Waals surface area contributed by atoms with Gasteiger partial charge in [0.1, 0.15) is 0 Å². The summed E-state index contributed by atoms with van der Waals surface area (Å²) in [5.41, 5.74) is 6.30. The first-order chi connectivity index (χ1) is 17.7. The second-order valence-electron chi connectivity index (χ2n) is 9.38. The molecule has 1 atom stereocenters. The molecule has 0 saturated heterocycles. The number of rotatable bonds is 7. The van der Waals surface area contributed by atoms with E-state index < -0.39 is 19.1 Å². The van der Waals surface area contributed by atoms with Gasteiger partial charge in [0, 0.05) is 10.6 Å². The average molecular weight is 521 g/mol. The highest BCUT2D eigenvalue weighted by Crippen LogP contribution is 2.26. The number of fused-ring (bicyclic) bond motifs is 1. The van der Waals surface area contributed by atoms with Gasteiger partial charge in [-0.2, -0.15) is 0 Å². The number of benzene rings is 3. The molecule has 8 heteroatoms. The van der Waals surface area contributed by atoms with E-state index in [1.165, 1.54) is 16.7 Å². The second kappa shape index (κ2) is 14.0. The number of hydrogen-bond donors (Lipinski definition) is 4. The van der Waals surface area contributed by atoms with E-state index in [9.17, 15) is 9.59 Å². The summed E-state index contributed by atoms with van der Waals surface area (Å²) in [5, 5.41) is 23.8. The number of aryl methyl sites for hydroxylation is 3. The maximum absolute atomic E-state index is 13.1. The molecule has 37 heavy (non-hydrogen) atoms. The lowest BCUT2D eigenvalue weighted by molar-refractivity contribution is -0.121. The molecule has 0 aliphatic heterocycles. The van der Waals surface area contributed by atoms with Crippen LogP contribution >= 0.6 is 11.6 Å². The Morgan fingerprint density at radius 1 is 0.946 bits per heavy atom. The molecule has 0 spiro atoms. The summed E-state index contributed by atoms with van der Waals surface area (Å²) < 4.78 is 0. The largest absolute Gasteiger partial charge is 0.472 e. The van der Waals surface area contributed by atoms with E-state index in [4.69, 9.17) is 21.6 Å². The van der Waals surface area contributed by atoms with Crippen LogP contribution in [0.2, 0.25) is 5.02 Å². The van der Waals surface area contributed by atoms with Crippen LogP contribution < -0.4 is 10.6 Å². The number of carbonyl (C=O) groups is 2. The van der Waals surface area contributed by atoms with E-state index in [2.05, 4.69) is 54.8 Å². The Morgan fingerprint density at radius 3 is 2.27 bits per heavy atom. The number of amides is 2. The van der Waals surface area contributed by atoms with E-state index in [1.807, 2.05) is 12.1 Å². The molecule has 3 aromatic carbocycles. The summed E-state index contributed by atoms with van der Waals surface area (Å²) in [4.78, 5) is 25.3. The van der Waals surface area contributed by atoms with Crippen molar-refractivity contribution in [3.63, 3.8) is 0 Å². The van der Waals surface area contributed by atoms with E-state index >= 15 is 0 Å². The first-order valence-electron chi connectivity index (χ1n) is 12.6. The minimum absolute atomic E-state index is 0.0478. The second-order valence-corrected chi connectivity index (χ2v) is 9.81. The van der Waals surface area contributed by atoms with Gasteiger partial charge >= 0.3 is 7.12 Å². The Hall–Kier alpha value is -3.13. The van der Waals surface area contributed by atoms with E-state index in [0.717, 1.165) is 31.2 Å². The molecule has 1 aliphatic carbocycles. The highest BCUT2D eigenvalue weighted by atomic mass is 35.5. The van der Waals surface area contributed by atoms with Gasteiger partial charge in [0.05, 0.1) is 18.9 Å². The Labute approximate surface area is 224 Å². The van der Waals surface area contributed by atoms with Crippen molar-refractivity contribution in [1.29, 1.82) is 0 Å². The van der Waals surface area contributed by atoms with Crippen LogP contribution in [0.3, 0.4) is 0 Å². The quantitative estimate of drug-likeness (QED) is 0.345. The molecule has 6 nitrogen and oxygen atoms in total. The van der Waals surface area contributed by atoms with Gasteiger partial charge in [-0.05, 0) is 74.4 Å². The third kappa shape index (κ3) is 9.04. The average Bonchev–Trinajstić information content (AvgIpc) is 2.87. The first-order valence-corrected chi connectivity index (χ1v) is 12.9. The van der Waals surface area contributed by atoms with E-state index in [0.29, 0.717) is 16.1 Å². The fourth-order valence-corrected chi connectivity index (χ4v) is 4.67. The van der Waals surface area contributed by atoms with Crippen molar-refractivity contribution in [2.24, 2.45) is 0 Å². The van der Waals surface area contributed by atoms with E-state index in [1.54, 1.807) is 24.3 Å². The summed E-state index contributed by atoms with van der Waals surface area (Å²) in [7, 11) is -1.63. The fourth-order valence-electron chi connectivity index (χ4n) is 4.48. The van der Waals surface area contributed by atoms with Crippen LogP contribution in [0.15, 0.2) is 66.7 Å². The van der Waals surface area contributed by atoms with Crippen LogP contribution in [0.5, 0.6) is 0 Å². The monoisotopic (exact) mass is 520 g/mol. The molecular formula is C29H34BClN2O4. The van der Waals surface area contributed by atoms with Gasteiger partial charge in [-0.1, -0.05) is 71.3 Å². The standard InChI is InChI=1S/C21H24BClN2O4.C8H10/c23-16-8-3-7-15(11-16)19(12-20(26)24-13-22(28)29)25-21(27)18-10-4-6-14-5-1-2-9-17(14)18;1-7-4-3-5-8(2)6-7/h3-4,6-8,10-11,19,28-29H,1-2,5,9,12-13H2,(H,24,26)(H,25,27);3-6H,1-2H3. The van der Waals surface area contributed by atoms with Crippen LogP contribution in [0, 0.1) is 13.8 Å². The smallest absolute Gasteiger partial charge is 0.426 e. The minimum Gasteiger partial charge on any atom is -0.426 e. The maximum atomic E-state index is 13.1. The lowest BCUT2D eigenvalue weighted by Crippen LogP contribution is -2.38. The number of nitrogens with one attached hydrogen (secondary N) is 2. The van der Waals surface area contributed by atoms with Crippen molar-refractivity contribution in [2.75, 3.05) is 6.44 Å². The Kier molecular flexibility index (Phi) is 10.8. The molecule has 0 saturated carbocycles. The van der Waals surface area contributed by atoms with E-state index in [-0.39, 0.29) is 18.8 Å². The van der Waals surface area contributed by atoms with Gasteiger partial charge in [0.25, 0.3) is 5.91 Å². The molecule has 2 amide bonds. The van der Waals surface area contributed by atoms with Crippen molar-refractivity contribution >= 4 is 30.5 Å². The Bertz CT molecular complexity index is 1200. The normalized spacial score (nSPS) is 12.9. The summed E-state index contributed by atoms with van der Waals surface area (Å²) in [5.74, 6) is -0.637. The van der Waals surface area contributed by atoms with Crippen LogP contribution in [0.1, 0.15) is 63.5 Å². The van der Waals surface area contributed by atoms with Crippen molar-refractivity contribution in [3.05, 3.63) is 105 Å². The highest BCUT2D eigenvalue weighted by molar-refractivity contribution is 6.41. The zero-order valence-corrected chi connectivity index (χ0v) is 22.1. The van der Waals surface area contributed by atoms with Crippen LogP contribution in [0.4, 0.5) is 0 Å². The molecule has 194 valence electrons.